The molecule has 0 aliphatic carbocycles. The number of nitrogens with zero attached hydrogens (tertiary/aromatic N) is 1. The van der Waals surface area contributed by atoms with Crippen LogP contribution >= 0.6 is 0 Å². The van der Waals surface area contributed by atoms with Crippen LogP contribution in [-0.4, -0.2) is 82.3 Å². The number of rotatable bonds is 61. The Labute approximate surface area is 556 Å². The number of quaternary nitrogens is 1. The second-order valence-electron chi connectivity index (χ2n) is 23.3. The van der Waals surface area contributed by atoms with Crippen molar-refractivity contribution in [1.82, 2.24) is 0 Å². The van der Waals surface area contributed by atoms with Crippen molar-refractivity contribution in [2.75, 3.05) is 47.5 Å². The highest BCUT2D eigenvalue weighted by Gasteiger charge is 2.22. The molecule has 2 unspecified atom stereocenters. The Morgan fingerprint density at radius 2 is 0.593 bits per heavy atom. The Morgan fingerprint density at radius 1 is 0.330 bits per heavy atom. The molecular formula is C82H125NO8. The van der Waals surface area contributed by atoms with Crippen LogP contribution in [0.1, 0.15) is 219 Å². The third kappa shape index (κ3) is 70.9. The number of likely N-dealkylation sites (N-methyl/N-ethyl adjacent to an activating group) is 1. The van der Waals surface area contributed by atoms with Crippen LogP contribution in [0.4, 0.5) is 0 Å². The van der Waals surface area contributed by atoms with Gasteiger partial charge in [0.2, 0.25) is 0 Å². The quantitative estimate of drug-likeness (QED) is 0.0195. The van der Waals surface area contributed by atoms with Gasteiger partial charge in [0.1, 0.15) is 13.2 Å². The third-order valence-corrected chi connectivity index (χ3v) is 13.7. The summed E-state index contributed by atoms with van der Waals surface area (Å²) in [6, 6.07) is 0. The van der Waals surface area contributed by atoms with Crippen LogP contribution in [-0.2, 0) is 33.3 Å². The van der Waals surface area contributed by atoms with Gasteiger partial charge in [-0.3, -0.25) is 9.59 Å². The maximum Gasteiger partial charge on any atom is 0.306 e. The normalized spacial score (nSPS) is 14.1. The molecule has 0 rings (SSSR count). The molecule has 0 spiro atoms. The fourth-order valence-electron chi connectivity index (χ4n) is 8.46. The van der Waals surface area contributed by atoms with Gasteiger partial charge in [-0.25, -0.2) is 0 Å². The molecule has 0 aromatic carbocycles. The van der Waals surface area contributed by atoms with Crippen LogP contribution in [0.5, 0.6) is 0 Å². The Balaban J connectivity index is 4.33. The van der Waals surface area contributed by atoms with Crippen LogP contribution in [0, 0.1) is 0 Å². The fourth-order valence-corrected chi connectivity index (χ4v) is 8.46. The summed E-state index contributed by atoms with van der Waals surface area (Å²) < 4.78 is 22.7. The van der Waals surface area contributed by atoms with E-state index in [1.165, 1.54) is 25.7 Å². The molecule has 0 aliphatic heterocycles. The Kier molecular flexibility index (Phi) is 64.6. The summed E-state index contributed by atoms with van der Waals surface area (Å²) in [5.41, 5.74) is 0. The summed E-state index contributed by atoms with van der Waals surface area (Å²) in [7, 11) is 5.89. The smallest absolute Gasteiger partial charge is 0.306 e. The molecule has 0 aromatic heterocycles. The molecule has 0 radical (unpaired) electrons. The number of carboxylic acids is 1. The number of carboxylic acid groups (broad SMARTS) is 1. The van der Waals surface area contributed by atoms with E-state index in [0.29, 0.717) is 23.9 Å². The Hall–Kier alpha value is -6.39. The van der Waals surface area contributed by atoms with Crippen LogP contribution < -0.4 is 5.11 Å². The van der Waals surface area contributed by atoms with Crippen molar-refractivity contribution in [3.63, 3.8) is 0 Å². The Morgan fingerprint density at radius 3 is 0.901 bits per heavy atom. The highest BCUT2D eigenvalue weighted by molar-refractivity contribution is 5.70. The van der Waals surface area contributed by atoms with Crippen LogP contribution in [0.25, 0.3) is 0 Å². The summed E-state index contributed by atoms with van der Waals surface area (Å²) in [6.45, 7) is 4.42. The number of carbonyl (C=O) groups is 3. The third-order valence-electron chi connectivity index (χ3n) is 13.7. The standard InChI is InChI=1S/C82H125NO8/c1-6-8-10-12-14-16-18-20-22-24-26-28-30-32-34-36-38-40-42-44-46-48-50-52-54-56-58-60-62-64-66-68-70-72-79(84)89-76-78(77-90-82(81(86)87)88-75-74-83(3,4)5)91-80(85)73-71-69-67-65-63-61-59-57-55-53-51-49-47-45-43-41-39-37-35-33-31-29-27-25-23-21-19-17-15-13-11-9-7-2/h8-11,14-17,20-23,26-29,32-35,38-41,44-47,50-53,57,59,63,65,78,82H,6-7,12-13,18-19,24-25,30-31,36-37,42-43,48-49,54-56,58,60-62,64,66-77H2,1-5H3/b10-8-,11-9-,16-14-,17-15-,22-20-,23-21-,28-26-,29-27-,34-32-,35-33-,40-38-,41-39-,46-44-,47-45-,52-50-,53-51-,59-57-,65-63-. The largest absolute Gasteiger partial charge is 0.545 e. The van der Waals surface area contributed by atoms with Gasteiger partial charge in [0.05, 0.1) is 40.3 Å². The molecule has 0 N–H and O–H groups in total. The number of esters is 2. The van der Waals surface area contributed by atoms with Crippen molar-refractivity contribution in [3.8, 4) is 0 Å². The molecule has 0 bridgehead atoms. The summed E-state index contributed by atoms with van der Waals surface area (Å²) in [6.07, 6.45) is 107. The van der Waals surface area contributed by atoms with Crippen molar-refractivity contribution in [2.45, 2.75) is 232 Å². The zero-order chi connectivity index (χ0) is 66.1. The molecular weight excluding hydrogens is 1130 g/mol. The van der Waals surface area contributed by atoms with E-state index in [0.717, 1.165) is 154 Å². The first-order valence-electron chi connectivity index (χ1n) is 34.9. The van der Waals surface area contributed by atoms with Gasteiger partial charge in [0.15, 0.2) is 12.4 Å². The van der Waals surface area contributed by atoms with E-state index >= 15 is 0 Å². The van der Waals surface area contributed by atoms with Crippen molar-refractivity contribution in [1.29, 1.82) is 0 Å². The van der Waals surface area contributed by atoms with Crippen LogP contribution in [0.2, 0.25) is 0 Å². The first-order valence-corrected chi connectivity index (χ1v) is 34.9. The molecule has 91 heavy (non-hydrogen) atoms. The van der Waals surface area contributed by atoms with E-state index < -0.39 is 24.3 Å². The summed E-state index contributed by atoms with van der Waals surface area (Å²) in [5.74, 6) is -2.38. The molecule has 2 atom stereocenters. The van der Waals surface area contributed by atoms with E-state index in [4.69, 9.17) is 18.9 Å². The zero-order valence-corrected chi connectivity index (χ0v) is 57.6. The summed E-state index contributed by atoms with van der Waals surface area (Å²) in [5, 5.41) is 11.8. The zero-order valence-electron chi connectivity index (χ0n) is 57.6. The second-order valence-corrected chi connectivity index (χ2v) is 23.3. The van der Waals surface area contributed by atoms with Gasteiger partial charge in [-0.05, 0) is 154 Å². The average molecular weight is 1250 g/mol. The average Bonchev–Trinajstić information content (AvgIpc) is 3.46. The first-order chi connectivity index (χ1) is 44.6. The minimum Gasteiger partial charge on any atom is -0.545 e. The molecule has 0 amide bonds. The lowest BCUT2D eigenvalue weighted by Crippen LogP contribution is -2.44. The molecule has 0 fully saturated rings. The molecule has 0 saturated carbocycles. The Bertz CT molecular complexity index is 2300. The van der Waals surface area contributed by atoms with Gasteiger partial charge in [-0.15, -0.1) is 0 Å². The number of hydrogen-bond donors (Lipinski definition) is 0. The SMILES string of the molecule is CC/C=C\C/C=C\C/C=C\C/C=C\C/C=C\C/C=C\C/C=C\C/C=C\C/C=C\C/C=C\CCCCC(=O)OC(COC(=O)CCCCCCCCCC/C=C\C/C=C\C/C=C\C/C=C\C/C=C\C/C=C\C/C=C\C/C=C\CC)COC(OCC[N+](C)(C)C)C(=O)[O-]. The molecule has 0 saturated heterocycles. The number of allylic oxidation sites excluding steroid dienone is 36. The van der Waals surface area contributed by atoms with E-state index in [-0.39, 0.29) is 38.6 Å². The van der Waals surface area contributed by atoms with E-state index in [9.17, 15) is 19.5 Å². The number of hydrogen-bond acceptors (Lipinski definition) is 8. The predicted octanol–water partition coefficient (Wildman–Crippen LogP) is 20.8. The number of unbranched alkanes of at least 4 members (excludes halogenated alkanes) is 10. The van der Waals surface area contributed by atoms with Crippen molar-refractivity contribution in [2.24, 2.45) is 0 Å². The summed E-state index contributed by atoms with van der Waals surface area (Å²) >= 11 is 0. The van der Waals surface area contributed by atoms with Gasteiger partial charge in [-0.2, -0.15) is 0 Å². The first kappa shape index (κ1) is 84.6. The molecule has 9 nitrogen and oxygen atoms in total. The topological polar surface area (TPSA) is 111 Å². The van der Waals surface area contributed by atoms with Crippen molar-refractivity contribution >= 4 is 17.9 Å². The lowest BCUT2D eigenvalue weighted by atomic mass is 10.1. The fraction of sp³-hybridized carbons (Fsp3) is 0.524. The van der Waals surface area contributed by atoms with E-state index in [2.05, 4.69) is 233 Å². The monoisotopic (exact) mass is 1250 g/mol. The molecule has 0 aliphatic rings. The van der Waals surface area contributed by atoms with Gasteiger partial charge in [0, 0.05) is 12.8 Å². The molecule has 0 aromatic rings. The molecule has 9 heteroatoms. The minimum absolute atomic E-state index is 0.124. The highest BCUT2D eigenvalue weighted by atomic mass is 16.7. The maximum atomic E-state index is 12.9. The predicted molar refractivity (Wildman–Crippen MR) is 388 cm³/mol. The molecule has 0 heterocycles. The number of carbonyl (C=O) groups excluding carboxylic acids is 3. The van der Waals surface area contributed by atoms with E-state index in [1.54, 1.807) is 0 Å². The molecule has 506 valence electrons. The van der Waals surface area contributed by atoms with Crippen LogP contribution in [0.3, 0.4) is 0 Å². The summed E-state index contributed by atoms with van der Waals surface area (Å²) in [4.78, 5) is 37.5. The van der Waals surface area contributed by atoms with Crippen molar-refractivity contribution < 1.29 is 42.9 Å². The lowest BCUT2D eigenvalue weighted by Gasteiger charge is -2.26. The number of aliphatic carboxylic acids is 1. The highest BCUT2D eigenvalue weighted by Crippen LogP contribution is 2.13. The maximum absolute atomic E-state index is 12.9. The van der Waals surface area contributed by atoms with Gasteiger partial charge < -0.3 is 33.3 Å². The van der Waals surface area contributed by atoms with Crippen LogP contribution in [0.15, 0.2) is 219 Å². The van der Waals surface area contributed by atoms with Gasteiger partial charge >= 0.3 is 11.9 Å². The van der Waals surface area contributed by atoms with Crippen molar-refractivity contribution in [3.05, 3.63) is 219 Å². The number of ether oxygens (including phenoxy) is 4. The minimum atomic E-state index is -1.65. The van der Waals surface area contributed by atoms with E-state index in [1.807, 2.05) is 21.1 Å². The van der Waals surface area contributed by atoms with Gasteiger partial charge in [-0.1, -0.05) is 271 Å². The second kappa shape index (κ2) is 69.5. The van der Waals surface area contributed by atoms with Gasteiger partial charge in [0.25, 0.3) is 0 Å². The lowest BCUT2D eigenvalue weighted by molar-refractivity contribution is -0.870.